The van der Waals surface area contributed by atoms with E-state index in [-0.39, 0.29) is 11.5 Å². The number of rotatable bonds is 3. The molecule has 0 radical (unpaired) electrons. The molecule has 1 fully saturated rings. The van der Waals surface area contributed by atoms with Crippen molar-refractivity contribution in [2.24, 2.45) is 0 Å². The second kappa shape index (κ2) is 6.35. The summed E-state index contributed by atoms with van der Waals surface area (Å²) in [4.78, 5) is 25.4. The number of benzene rings is 2. The van der Waals surface area contributed by atoms with Gasteiger partial charge < -0.3 is 10.2 Å². The summed E-state index contributed by atoms with van der Waals surface area (Å²) in [5.41, 5.74) is 0.431. The van der Waals surface area contributed by atoms with Crippen molar-refractivity contribution in [3.8, 4) is 0 Å². The van der Waals surface area contributed by atoms with E-state index in [1.165, 1.54) is 12.1 Å². The highest BCUT2D eigenvalue weighted by molar-refractivity contribution is 6.05. The Balaban J connectivity index is 1.76. The third-order valence-electron chi connectivity index (χ3n) is 3.77. The quantitative estimate of drug-likeness (QED) is 0.874. The van der Waals surface area contributed by atoms with Gasteiger partial charge in [0, 0.05) is 36.3 Å². The van der Waals surface area contributed by atoms with E-state index >= 15 is 0 Å². The second-order valence-corrected chi connectivity index (χ2v) is 5.40. The largest absolute Gasteiger partial charge is 0.319 e. The minimum atomic E-state index is -1.33. The van der Waals surface area contributed by atoms with Crippen LogP contribution in [0.5, 0.6) is 0 Å². The van der Waals surface area contributed by atoms with E-state index in [9.17, 15) is 22.8 Å². The van der Waals surface area contributed by atoms with Gasteiger partial charge in [0.15, 0.2) is 11.6 Å². The first-order chi connectivity index (χ1) is 11.5. The van der Waals surface area contributed by atoms with Gasteiger partial charge in [0.1, 0.15) is 5.82 Å². The molecular weight excluding hydrogens is 321 g/mol. The van der Waals surface area contributed by atoms with Crippen LogP contribution in [-0.4, -0.2) is 18.4 Å². The molecule has 0 aromatic heterocycles. The number of amides is 2. The van der Waals surface area contributed by atoms with Crippen LogP contribution >= 0.6 is 0 Å². The molecule has 7 heteroatoms. The number of carbonyl (C=O) groups is 2. The smallest absolute Gasteiger partial charge is 0.255 e. The summed E-state index contributed by atoms with van der Waals surface area (Å²) in [5.74, 6) is -4.29. The molecule has 1 aliphatic heterocycles. The van der Waals surface area contributed by atoms with Crippen LogP contribution in [0.2, 0.25) is 0 Å². The molecule has 1 N–H and O–H groups in total. The Labute approximate surface area is 135 Å². The molecule has 3 rings (SSSR count). The molecule has 24 heavy (non-hydrogen) atoms. The maximum absolute atomic E-state index is 13.6. The average Bonchev–Trinajstić information content (AvgIpc) is 2.99. The maximum atomic E-state index is 13.6. The van der Waals surface area contributed by atoms with E-state index in [0.29, 0.717) is 30.8 Å². The van der Waals surface area contributed by atoms with Gasteiger partial charge in [-0.25, -0.2) is 13.2 Å². The Morgan fingerprint density at radius 2 is 1.67 bits per heavy atom. The van der Waals surface area contributed by atoms with Crippen LogP contribution in [0.25, 0.3) is 0 Å². The number of hydrogen-bond acceptors (Lipinski definition) is 2. The fourth-order valence-corrected chi connectivity index (χ4v) is 2.53. The lowest BCUT2D eigenvalue weighted by molar-refractivity contribution is -0.117. The number of halogens is 3. The summed E-state index contributed by atoms with van der Waals surface area (Å²) in [5, 5.41) is 2.19. The van der Waals surface area contributed by atoms with Crippen molar-refractivity contribution in [3.63, 3.8) is 0 Å². The number of hydrogen-bond donors (Lipinski definition) is 1. The predicted octanol–water partition coefficient (Wildman–Crippen LogP) is 3.48. The molecule has 1 aliphatic rings. The Morgan fingerprint density at radius 1 is 1.00 bits per heavy atom. The van der Waals surface area contributed by atoms with Crippen molar-refractivity contribution in [2.75, 3.05) is 16.8 Å². The Hall–Kier alpha value is -2.83. The van der Waals surface area contributed by atoms with Gasteiger partial charge in [-0.1, -0.05) is 0 Å². The average molecular weight is 334 g/mol. The van der Waals surface area contributed by atoms with Gasteiger partial charge in [-0.3, -0.25) is 9.59 Å². The first-order valence-corrected chi connectivity index (χ1v) is 7.32. The standard InChI is InChI=1S/C17H13F3N2O2/c18-12-8-14(20)15(9-13(12)19)21-17(24)10-3-5-11(6-4-10)22-7-1-2-16(22)23/h3-6,8-9H,1-2,7H2,(H,21,24). The zero-order valence-corrected chi connectivity index (χ0v) is 12.5. The number of nitrogens with one attached hydrogen (secondary N) is 1. The summed E-state index contributed by atoms with van der Waals surface area (Å²) in [6, 6.07) is 7.13. The SMILES string of the molecule is O=C(Nc1cc(F)c(F)cc1F)c1ccc(N2CCCC2=O)cc1. The number of nitrogens with zero attached hydrogens (tertiary/aromatic N) is 1. The van der Waals surface area contributed by atoms with Crippen molar-refractivity contribution < 1.29 is 22.8 Å². The molecule has 0 atom stereocenters. The lowest BCUT2D eigenvalue weighted by Gasteiger charge is -2.15. The van der Waals surface area contributed by atoms with Gasteiger partial charge in [-0.2, -0.15) is 0 Å². The first kappa shape index (κ1) is 16.0. The summed E-state index contributed by atoms with van der Waals surface area (Å²) in [6.07, 6.45) is 1.29. The molecule has 0 unspecified atom stereocenters. The molecule has 1 heterocycles. The molecule has 0 bridgehead atoms. The van der Waals surface area contributed by atoms with Crippen LogP contribution in [0.3, 0.4) is 0 Å². The zero-order chi connectivity index (χ0) is 17.3. The van der Waals surface area contributed by atoms with Gasteiger partial charge in [0.2, 0.25) is 5.91 Å². The molecule has 4 nitrogen and oxygen atoms in total. The minimum Gasteiger partial charge on any atom is -0.319 e. The van der Waals surface area contributed by atoms with E-state index in [1.54, 1.807) is 17.0 Å². The monoisotopic (exact) mass is 334 g/mol. The van der Waals surface area contributed by atoms with Gasteiger partial charge in [-0.05, 0) is 30.7 Å². The lowest BCUT2D eigenvalue weighted by atomic mass is 10.1. The number of anilines is 2. The van der Waals surface area contributed by atoms with Crippen molar-refractivity contribution in [1.29, 1.82) is 0 Å². The van der Waals surface area contributed by atoms with Crippen LogP contribution in [0, 0.1) is 17.5 Å². The zero-order valence-electron chi connectivity index (χ0n) is 12.5. The molecule has 2 aromatic rings. The summed E-state index contributed by atoms with van der Waals surface area (Å²) in [6.45, 7) is 0.629. The van der Waals surface area contributed by atoms with Crippen molar-refractivity contribution in [2.45, 2.75) is 12.8 Å². The van der Waals surface area contributed by atoms with Crippen molar-refractivity contribution in [3.05, 3.63) is 59.4 Å². The summed E-state index contributed by atoms with van der Waals surface area (Å²) < 4.78 is 39.6. The second-order valence-electron chi connectivity index (χ2n) is 5.40. The molecule has 2 amide bonds. The maximum Gasteiger partial charge on any atom is 0.255 e. The van der Waals surface area contributed by atoms with E-state index < -0.39 is 29.0 Å². The third-order valence-corrected chi connectivity index (χ3v) is 3.77. The fourth-order valence-electron chi connectivity index (χ4n) is 2.53. The lowest BCUT2D eigenvalue weighted by Crippen LogP contribution is -2.23. The van der Waals surface area contributed by atoms with E-state index in [4.69, 9.17) is 0 Å². The topological polar surface area (TPSA) is 49.4 Å². The Kier molecular flexibility index (Phi) is 4.24. The molecule has 2 aromatic carbocycles. The summed E-state index contributed by atoms with van der Waals surface area (Å²) >= 11 is 0. The van der Waals surface area contributed by atoms with Gasteiger partial charge in [0.25, 0.3) is 5.91 Å². The molecular formula is C17H13F3N2O2. The molecule has 0 aliphatic carbocycles. The highest BCUT2D eigenvalue weighted by Gasteiger charge is 2.21. The van der Waals surface area contributed by atoms with Gasteiger partial charge >= 0.3 is 0 Å². The molecule has 124 valence electrons. The van der Waals surface area contributed by atoms with Crippen molar-refractivity contribution >= 4 is 23.2 Å². The van der Waals surface area contributed by atoms with Gasteiger partial charge in [-0.15, -0.1) is 0 Å². The van der Waals surface area contributed by atoms with Crippen molar-refractivity contribution in [1.82, 2.24) is 0 Å². The highest BCUT2D eigenvalue weighted by Crippen LogP contribution is 2.23. The number of carbonyl (C=O) groups excluding carboxylic acids is 2. The first-order valence-electron chi connectivity index (χ1n) is 7.32. The van der Waals surface area contributed by atoms with Crippen LogP contribution < -0.4 is 10.2 Å². The normalized spacial score (nSPS) is 14.1. The van der Waals surface area contributed by atoms with Crippen LogP contribution in [0.15, 0.2) is 36.4 Å². The molecule has 0 saturated carbocycles. The van der Waals surface area contributed by atoms with E-state index in [0.717, 1.165) is 6.42 Å². The van der Waals surface area contributed by atoms with Crippen LogP contribution in [0.4, 0.5) is 24.5 Å². The summed E-state index contributed by atoms with van der Waals surface area (Å²) in [7, 11) is 0. The fraction of sp³-hybridized carbons (Fsp3) is 0.176. The Morgan fingerprint density at radius 3 is 2.29 bits per heavy atom. The van der Waals surface area contributed by atoms with E-state index in [1.807, 2.05) is 0 Å². The Bertz CT molecular complexity index is 806. The van der Waals surface area contributed by atoms with Crippen LogP contribution in [0.1, 0.15) is 23.2 Å². The minimum absolute atomic E-state index is 0.0241. The van der Waals surface area contributed by atoms with Crippen LogP contribution in [-0.2, 0) is 4.79 Å². The highest BCUT2D eigenvalue weighted by atomic mass is 19.2. The third kappa shape index (κ3) is 3.10. The van der Waals surface area contributed by atoms with E-state index in [2.05, 4.69) is 5.32 Å². The van der Waals surface area contributed by atoms with Gasteiger partial charge in [0.05, 0.1) is 5.69 Å². The predicted molar refractivity (Wildman–Crippen MR) is 82.3 cm³/mol. The molecule has 1 saturated heterocycles. The molecule has 0 spiro atoms.